The first-order chi connectivity index (χ1) is 12.4. The number of aldehydes is 1. The molecule has 0 spiro atoms. The van der Waals surface area contributed by atoms with Crippen LogP contribution in [0.5, 0.6) is 0 Å². The molecule has 26 heavy (non-hydrogen) atoms. The van der Waals surface area contributed by atoms with Crippen LogP contribution >= 0.6 is 0 Å². The lowest BCUT2D eigenvalue weighted by molar-refractivity contribution is -0.112. The van der Waals surface area contributed by atoms with Crippen LogP contribution < -0.4 is 0 Å². The van der Waals surface area contributed by atoms with Crippen molar-refractivity contribution in [2.45, 2.75) is 109 Å². The standard InChI is InChI=1S/C14H23NO3.C6H12.CH4O/c1-14(2,3)18-13(17)15-11(9-16)8-10-6-4-5-7-12(10)15;1-2-4-6-5-3-1;1-2/h9-12H,4-8H2,1-3H3;1-6H2;2H,1H3. The minimum absolute atomic E-state index is 0.212. The quantitative estimate of drug-likeness (QED) is 0.680. The number of rotatable bonds is 1. The normalized spacial score (nSPS) is 27.9. The van der Waals surface area contributed by atoms with Gasteiger partial charge in [0.15, 0.2) is 0 Å². The lowest BCUT2D eigenvalue weighted by Crippen LogP contribution is -2.46. The summed E-state index contributed by atoms with van der Waals surface area (Å²) >= 11 is 0. The zero-order chi connectivity index (χ0) is 19.6. The van der Waals surface area contributed by atoms with E-state index < -0.39 is 5.60 Å². The fourth-order valence-corrected chi connectivity index (χ4v) is 4.27. The van der Waals surface area contributed by atoms with Gasteiger partial charge in [-0.05, 0) is 46.0 Å². The monoisotopic (exact) mass is 369 g/mol. The van der Waals surface area contributed by atoms with E-state index >= 15 is 0 Å². The molecule has 5 heteroatoms. The lowest BCUT2D eigenvalue weighted by Gasteiger charge is -2.34. The van der Waals surface area contributed by atoms with Crippen molar-refractivity contribution in [1.82, 2.24) is 4.90 Å². The fraction of sp³-hybridized carbons (Fsp3) is 0.905. The van der Waals surface area contributed by atoms with Crippen LogP contribution in [-0.4, -0.2) is 47.2 Å². The minimum Gasteiger partial charge on any atom is -0.444 e. The number of likely N-dealkylation sites (tertiary alicyclic amines) is 1. The van der Waals surface area contributed by atoms with Crippen LogP contribution in [0, 0.1) is 5.92 Å². The van der Waals surface area contributed by atoms with Crippen LogP contribution in [-0.2, 0) is 9.53 Å². The van der Waals surface area contributed by atoms with Crippen molar-refractivity contribution >= 4 is 12.4 Å². The number of amides is 1. The second-order valence-corrected chi connectivity index (χ2v) is 8.56. The van der Waals surface area contributed by atoms with E-state index in [4.69, 9.17) is 9.84 Å². The van der Waals surface area contributed by atoms with E-state index in [9.17, 15) is 9.59 Å². The smallest absolute Gasteiger partial charge is 0.411 e. The highest BCUT2D eigenvalue weighted by Gasteiger charge is 2.45. The molecule has 1 amide bonds. The van der Waals surface area contributed by atoms with Crippen molar-refractivity contribution in [2.24, 2.45) is 5.92 Å². The van der Waals surface area contributed by atoms with Crippen LogP contribution in [0.25, 0.3) is 0 Å². The summed E-state index contributed by atoms with van der Waals surface area (Å²) in [5.74, 6) is 0.487. The third-order valence-electron chi connectivity index (χ3n) is 5.39. The summed E-state index contributed by atoms with van der Waals surface area (Å²) in [6.07, 6.45) is 14.9. The summed E-state index contributed by atoms with van der Waals surface area (Å²) in [6, 6.07) is -0.0725. The molecule has 1 saturated heterocycles. The Balaban J connectivity index is 0.000000353. The molecule has 2 saturated carbocycles. The lowest BCUT2D eigenvalue weighted by atomic mass is 9.85. The first-order valence-electron chi connectivity index (χ1n) is 10.3. The SMILES string of the molecule is C1CCCCC1.CC(C)(C)OC(=O)N1C(C=O)CC2CCCCC21.CO. The maximum atomic E-state index is 12.2. The van der Waals surface area contributed by atoms with E-state index in [2.05, 4.69) is 0 Å². The Hall–Kier alpha value is -1.10. The molecule has 5 nitrogen and oxygen atoms in total. The zero-order valence-corrected chi connectivity index (χ0v) is 17.2. The highest BCUT2D eigenvalue weighted by atomic mass is 16.6. The first kappa shape index (κ1) is 22.9. The molecule has 1 heterocycles. The predicted molar refractivity (Wildman–Crippen MR) is 104 cm³/mol. The van der Waals surface area contributed by atoms with Gasteiger partial charge in [0.25, 0.3) is 0 Å². The van der Waals surface area contributed by atoms with Crippen molar-refractivity contribution in [3.63, 3.8) is 0 Å². The molecule has 2 aliphatic carbocycles. The van der Waals surface area contributed by atoms with Gasteiger partial charge in [0.2, 0.25) is 0 Å². The number of hydrogen-bond acceptors (Lipinski definition) is 4. The van der Waals surface area contributed by atoms with Gasteiger partial charge in [0.1, 0.15) is 11.9 Å². The van der Waals surface area contributed by atoms with Gasteiger partial charge in [0.05, 0.1) is 6.04 Å². The van der Waals surface area contributed by atoms with Crippen LogP contribution in [0.3, 0.4) is 0 Å². The molecule has 0 aromatic heterocycles. The summed E-state index contributed by atoms with van der Waals surface area (Å²) in [5, 5.41) is 7.00. The summed E-state index contributed by atoms with van der Waals surface area (Å²) in [5.41, 5.74) is -0.503. The summed E-state index contributed by atoms with van der Waals surface area (Å²) in [4.78, 5) is 25.1. The Labute approximate surface area is 159 Å². The number of aliphatic hydroxyl groups is 1. The highest BCUT2D eigenvalue weighted by Crippen LogP contribution is 2.39. The number of aliphatic hydroxyl groups excluding tert-OH is 1. The van der Waals surface area contributed by atoms with E-state index in [0.717, 1.165) is 39.1 Å². The van der Waals surface area contributed by atoms with Crippen molar-refractivity contribution in [1.29, 1.82) is 0 Å². The molecule has 152 valence electrons. The van der Waals surface area contributed by atoms with Gasteiger partial charge in [-0.25, -0.2) is 4.79 Å². The van der Waals surface area contributed by atoms with Gasteiger partial charge < -0.3 is 14.6 Å². The molecule has 0 radical (unpaired) electrons. The number of carbonyl (C=O) groups is 2. The van der Waals surface area contributed by atoms with Crippen LogP contribution in [0.15, 0.2) is 0 Å². The molecule has 3 fully saturated rings. The number of carbonyl (C=O) groups excluding carboxylic acids is 2. The molecule has 0 aromatic carbocycles. The van der Waals surface area contributed by atoms with Gasteiger partial charge >= 0.3 is 6.09 Å². The Morgan fingerprint density at radius 3 is 1.92 bits per heavy atom. The Kier molecular flexibility index (Phi) is 10.2. The number of ether oxygens (including phenoxy) is 1. The van der Waals surface area contributed by atoms with Gasteiger partial charge in [-0.1, -0.05) is 51.4 Å². The van der Waals surface area contributed by atoms with Crippen molar-refractivity contribution < 1.29 is 19.4 Å². The van der Waals surface area contributed by atoms with Crippen molar-refractivity contribution in [3.8, 4) is 0 Å². The Morgan fingerprint density at radius 2 is 1.46 bits per heavy atom. The number of fused-ring (bicyclic) bond motifs is 1. The van der Waals surface area contributed by atoms with Crippen LogP contribution in [0.1, 0.15) is 91.4 Å². The number of nitrogens with zero attached hydrogens (tertiary/aromatic N) is 1. The number of hydrogen-bond donors (Lipinski definition) is 1. The van der Waals surface area contributed by atoms with Crippen molar-refractivity contribution in [2.75, 3.05) is 7.11 Å². The average Bonchev–Trinajstić information content (AvgIpc) is 3.03. The molecular weight excluding hydrogens is 330 g/mol. The molecule has 3 aliphatic rings. The molecule has 1 N–H and O–H groups in total. The largest absolute Gasteiger partial charge is 0.444 e. The fourth-order valence-electron chi connectivity index (χ4n) is 4.27. The summed E-state index contributed by atoms with van der Waals surface area (Å²) < 4.78 is 5.43. The summed E-state index contributed by atoms with van der Waals surface area (Å²) in [6.45, 7) is 5.57. The molecule has 3 rings (SSSR count). The maximum Gasteiger partial charge on any atom is 0.411 e. The molecule has 1 aliphatic heterocycles. The summed E-state index contributed by atoms with van der Waals surface area (Å²) in [7, 11) is 1.00. The van der Waals surface area contributed by atoms with Crippen LogP contribution in [0.2, 0.25) is 0 Å². The van der Waals surface area contributed by atoms with Crippen molar-refractivity contribution in [3.05, 3.63) is 0 Å². The van der Waals surface area contributed by atoms with E-state index in [1.165, 1.54) is 44.9 Å². The Morgan fingerprint density at radius 1 is 0.962 bits per heavy atom. The zero-order valence-electron chi connectivity index (χ0n) is 17.2. The minimum atomic E-state index is -0.503. The van der Waals surface area contributed by atoms with E-state index in [0.29, 0.717) is 5.92 Å². The van der Waals surface area contributed by atoms with Gasteiger partial charge in [-0.3, -0.25) is 4.90 Å². The van der Waals surface area contributed by atoms with Crippen LogP contribution in [0.4, 0.5) is 4.79 Å². The van der Waals surface area contributed by atoms with Gasteiger partial charge in [-0.15, -0.1) is 0 Å². The topological polar surface area (TPSA) is 66.8 Å². The second kappa shape index (κ2) is 11.6. The molecule has 0 bridgehead atoms. The van der Waals surface area contributed by atoms with E-state index in [1.807, 2.05) is 20.8 Å². The van der Waals surface area contributed by atoms with Gasteiger partial charge in [-0.2, -0.15) is 0 Å². The first-order valence-corrected chi connectivity index (χ1v) is 10.3. The van der Waals surface area contributed by atoms with E-state index in [1.54, 1.807) is 4.90 Å². The second-order valence-electron chi connectivity index (χ2n) is 8.56. The molecular formula is C21H39NO4. The third kappa shape index (κ3) is 7.26. The van der Waals surface area contributed by atoms with Gasteiger partial charge in [0, 0.05) is 13.2 Å². The third-order valence-corrected chi connectivity index (χ3v) is 5.39. The average molecular weight is 370 g/mol. The predicted octanol–water partition coefficient (Wildman–Crippen LogP) is 4.70. The van der Waals surface area contributed by atoms with E-state index in [-0.39, 0.29) is 18.2 Å². The molecule has 3 atom stereocenters. The molecule has 3 unspecified atom stereocenters. The molecule has 0 aromatic rings. The Bertz CT molecular complexity index is 403. The maximum absolute atomic E-state index is 12.2. The highest BCUT2D eigenvalue weighted by molar-refractivity contribution is 5.75.